The summed E-state index contributed by atoms with van der Waals surface area (Å²) in [6, 6.07) is 13.5. The topological polar surface area (TPSA) is 32.8 Å². The minimum Gasteiger partial charge on any atom is -0.494 e. The molecule has 1 saturated heterocycles. The standard InChI is InChI=1S/C26H36N2O2.ClH/c1-27(2)14-6-16-30-25-12-11-21-17-20(9-10-22(21)19-25)18-23-13-15-28(26(23)29)24-7-4-3-5-8-24;/h9-12,17,19,23-24H,3-8,13-16,18H2,1-2H3;1H. The predicted octanol–water partition coefficient (Wildman–Crippen LogP) is 5.32. The van der Waals surface area contributed by atoms with Gasteiger partial charge >= 0.3 is 0 Å². The molecule has 0 radical (unpaired) electrons. The zero-order chi connectivity index (χ0) is 20.9. The Morgan fingerprint density at radius 1 is 1.00 bits per heavy atom. The van der Waals surface area contributed by atoms with Gasteiger partial charge in [-0.05, 0) is 74.7 Å². The lowest BCUT2D eigenvalue weighted by molar-refractivity contribution is -0.133. The molecule has 1 aliphatic carbocycles. The molecule has 31 heavy (non-hydrogen) atoms. The molecule has 5 heteroatoms. The number of carbonyl (C=O) groups excluding carboxylic acids is 1. The molecule has 0 spiro atoms. The number of halogens is 1. The Kier molecular flexibility index (Phi) is 8.62. The number of nitrogens with zero attached hydrogens (tertiary/aromatic N) is 2. The molecule has 2 fully saturated rings. The third-order valence-corrected chi connectivity index (χ3v) is 6.74. The lowest BCUT2D eigenvalue weighted by Crippen LogP contribution is -2.39. The number of ether oxygens (including phenoxy) is 1. The summed E-state index contributed by atoms with van der Waals surface area (Å²) in [4.78, 5) is 17.4. The maximum atomic E-state index is 13.0. The number of hydrogen-bond acceptors (Lipinski definition) is 3. The highest BCUT2D eigenvalue weighted by Gasteiger charge is 2.36. The number of carbonyl (C=O) groups is 1. The highest BCUT2D eigenvalue weighted by molar-refractivity contribution is 5.86. The van der Waals surface area contributed by atoms with Crippen LogP contribution in [-0.2, 0) is 11.2 Å². The van der Waals surface area contributed by atoms with E-state index in [-0.39, 0.29) is 18.3 Å². The summed E-state index contributed by atoms with van der Waals surface area (Å²) in [7, 11) is 4.17. The van der Waals surface area contributed by atoms with Crippen LogP contribution in [-0.4, -0.2) is 55.5 Å². The average Bonchev–Trinajstić information content (AvgIpc) is 3.12. The molecule has 0 bridgehead atoms. The molecule has 4 nitrogen and oxygen atoms in total. The number of hydrogen-bond donors (Lipinski definition) is 0. The summed E-state index contributed by atoms with van der Waals surface area (Å²) < 4.78 is 5.91. The number of rotatable bonds is 8. The molecule has 1 heterocycles. The van der Waals surface area contributed by atoms with Gasteiger partial charge in [0.05, 0.1) is 6.61 Å². The number of fused-ring (bicyclic) bond motifs is 1. The second-order valence-electron chi connectivity index (χ2n) is 9.36. The van der Waals surface area contributed by atoms with Gasteiger partial charge in [-0.3, -0.25) is 4.79 Å². The fraction of sp³-hybridized carbons (Fsp3) is 0.577. The van der Waals surface area contributed by atoms with Crippen LogP contribution in [0.5, 0.6) is 5.75 Å². The Morgan fingerprint density at radius 2 is 1.74 bits per heavy atom. The van der Waals surface area contributed by atoms with Gasteiger partial charge in [-0.25, -0.2) is 0 Å². The Labute approximate surface area is 193 Å². The number of benzene rings is 2. The molecular weight excluding hydrogens is 408 g/mol. The molecule has 0 aromatic heterocycles. The van der Waals surface area contributed by atoms with E-state index in [0.29, 0.717) is 11.9 Å². The fourth-order valence-corrected chi connectivity index (χ4v) is 5.05. The van der Waals surface area contributed by atoms with E-state index < -0.39 is 0 Å². The van der Waals surface area contributed by atoms with Gasteiger partial charge in [0, 0.05) is 25.0 Å². The van der Waals surface area contributed by atoms with Gasteiger partial charge in [0.25, 0.3) is 0 Å². The van der Waals surface area contributed by atoms with Crippen molar-refractivity contribution >= 4 is 29.1 Å². The van der Waals surface area contributed by atoms with Crippen molar-refractivity contribution < 1.29 is 9.53 Å². The van der Waals surface area contributed by atoms with Crippen LogP contribution in [0.25, 0.3) is 10.8 Å². The highest BCUT2D eigenvalue weighted by atomic mass is 35.5. The van der Waals surface area contributed by atoms with Crippen LogP contribution in [0.3, 0.4) is 0 Å². The van der Waals surface area contributed by atoms with E-state index in [1.807, 2.05) is 0 Å². The smallest absolute Gasteiger partial charge is 0.226 e. The van der Waals surface area contributed by atoms with Gasteiger partial charge in [-0.2, -0.15) is 0 Å². The molecule has 1 saturated carbocycles. The van der Waals surface area contributed by atoms with Crippen molar-refractivity contribution in [3.8, 4) is 5.75 Å². The molecule has 170 valence electrons. The van der Waals surface area contributed by atoms with Crippen molar-refractivity contribution in [3.63, 3.8) is 0 Å². The van der Waals surface area contributed by atoms with Crippen LogP contribution in [0, 0.1) is 5.92 Å². The second-order valence-corrected chi connectivity index (χ2v) is 9.36. The maximum Gasteiger partial charge on any atom is 0.226 e. The second kappa shape index (κ2) is 11.2. The van der Waals surface area contributed by atoms with Crippen molar-refractivity contribution in [1.29, 1.82) is 0 Å². The summed E-state index contributed by atoms with van der Waals surface area (Å²) in [5, 5.41) is 2.42. The predicted molar refractivity (Wildman–Crippen MR) is 130 cm³/mol. The first-order valence-corrected chi connectivity index (χ1v) is 11.7. The third-order valence-electron chi connectivity index (χ3n) is 6.74. The summed E-state index contributed by atoms with van der Waals surface area (Å²) in [6.45, 7) is 2.73. The molecule has 2 aromatic rings. The third kappa shape index (κ3) is 6.14. The molecular formula is C26H37ClN2O2. The van der Waals surface area contributed by atoms with E-state index in [0.717, 1.165) is 44.7 Å². The SMILES string of the molecule is CN(C)CCCOc1ccc2cc(CC3CCN(C4CCCCC4)C3=O)ccc2c1.Cl. The quantitative estimate of drug-likeness (QED) is 0.517. The van der Waals surface area contributed by atoms with E-state index in [4.69, 9.17) is 4.74 Å². The number of likely N-dealkylation sites (tertiary alicyclic amines) is 1. The van der Waals surface area contributed by atoms with Gasteiger partial charge < -0.3 is 14.5 Å². The minimum absolute atomic E-state index is 0. The van der Waals surface area contributed by atoms with Crippen molar-refractivity contribution in [2.45, 2.75) is 57.4 Å². The normalized spacial score (nSPS) is 19.8. The first-order valence-electron chi connectivity index (χ1n) is 11.7. The van der Waals surface area contributed by atoms with Crippen molar-refractivity contribution in [1.82, 2.24) is 9.80 Å². The molecule has 0 N–H and O–H groups in total. The van der Waals surface area contributed by atoms with Gasteiger partial charge in [0.15, 0.2) is 0 Å². The molecule has 2 aromatic carbocycles. The highest BCUT2D eigenvalue weighted by Crippen LogP contribution is 2.31. The lowest BCUT2D eigenvalue weighted by atomic mass is 9.93. The van der Waals surface area contributed by atoms with E-state index in [1.165, 1.54) is 48.4 Å². The Morgan fingerprint density at radius 3 is 2.52 bits per heavy atom. The zero-order valence-corrected chi connectivity index (χ0v) is 19.8. The van der Waals surface area contributed by atoms with Crippen LogP contribution in [0.2, 0.25) is 0 Å². The molecule has 4 rings (SSSR count). The van der Waals surface area contributed by atoms with Gasteiger partial charge in [-0.1, -0.05) is 43.5 Å². The molecule has 1 unspecified atom stereocenters. The van der Waals surface area contributed by atoms with Crippen LogP contribution in [0.15, 0.2) is 36.4 Å². The largest absolute Gasteiger partial charge is 0.494 e. The fourth-order valence-electron chi connectivity index (χ4n) is 5.05. The minimum atomic E-state index is 0. The summed E-state index contributed by atoms with van der Waals surface area (Å²) in [6.07, 6.45) is 9.20. The van der Waals surface area contributed by atoms with E-state index >= 15 is 0 Å². The summed E-state index contributed by atoms with van der Waals surface area (Å²) in [5.74, 6) is 1.48. The van der Waals surface area contributed by atoms with E-state index in [9.17, 15) is 4.79 Å². The van der Waals surface area contributed by atoms with Crippen molar-refractivity contribution in [3.05, 3.63) is 42.0 Å². The van der Waals surface area contributed by atoms with Crippen molar-refractivity contribution in [2.24, 2.45) is 5.92 Å². The summed E-state index contributed by atoms with van der Waals surface area (Å²) >= 11 is 0. The molecule has 2 aliphatic rings. The average molecular weight is 445 g/mol. The molecule has 1 amide bonds. The van der Waals surface area contributed by atoms with Crippen LogP contribution in [0.1, 0.15) is 50.5 Å². The Balaban J connectivity index is 0.00000272. The molecule has 1 aliphatic heterocycles. The van der Waals surface area contributed by atoms with Crippen molar-refractivity contribution in [2.75, 3.05) is 33.8 Å². The van der Waals surface area contributed by atoms with Crippen LogP contribution in [0.4, 0.5) is 0 Å². The van der Waals surface area contributed by atoms with Gasteiger partial charge in [0.2, 0.25) is 5.91 Å². The lowest BCUT2D eigenvalue weighted by Gasteiger charge is -2.31. The number of amides is 1. The zero-order valence-electron chi connectivity index (χ0n) is 19.0. The van der Waals surface area contributed by atoms with E-state index in [1.54, 1.807) is 0 Å². The Bertz CT molecular complexity index is 864. The van der Waals surface area contributed by atoms with Crippen LogP contribution < -0.4 is 4.74 Å². The first-order chi connectivity index (χ1) is 14.6. The van der Waals surface area contributed by atoms with Gasteiger partial charge in [0.1, 0.15) is 5.75 Å². The molecule has 1 atom stereocenters. The van der Waals surface area contributed by atoms with Gasteiger partial charge in [-0.15, -0.1) is 12.4 Å². The van der Waals surface area contributed by atoms with Crippen LogP contribution >= 0.6 is 12.4 Å². The van der Waals surface area contributed by atoms with E-state index in [2.05, 4.69) is 60.3 Å². The Hall–Kier alpha value is -1.78. The first kappa shape index (κ1) is 23.9. The monoisotopic (exact) mass is 444 g/mol. The summed E-state index contributed by atoms with van der Waals surface area (Å²) in [5.41, 5.74) is 1.27. The maximum absolute atomic E-state index is 13.0.